The fourth-order valence-corrected chi connectivity index (χ4v) is 4.80. The summed E-state index contributed by atoms with van der Waals surface area (Å²) in [6, 6.07) is 9.59. The number of fused-ring (bicyclic) bond motifs is 1. The second kappa shape index (κ2) is 9.89. The molecule has 0 saturated heterocycles. The van der Waals surface area contributed by atoms with Gasteiger partial charge >= 0.3 is 0 Å². The average molecular weight is 463 g/mol. The van der Waals surface area contributed by atoms with Gasteiger partial charge in [0.25, 0.3) is 5.91 Å². The lowest BCUT2D eigenvalue weighted by Crippen LogP contribution is -2.24. The van der Waals surface area contributed by atoms with Gasteiger partial charge in [0.2, 0.25) is 5.82 Å². The highest BCUT2D eigenvalue weighted by Gasteiger charge is 2.22. The molecule has 0 atom stereocenters. The molecule has 1 fully saturated rings. The highest BCUT2D eigenvalue weighted by molar-refractivity contribution is 5.93. The maximum absolute atomic E-state index is 12.8. The van der Waals surface area contributed by atoms with E-state index in [1.54, 1.807) is 10.9 Å². The number of amides is 1. The number of ether oxygens (including phenoxy) is 1. The molecule has 9 heteroatoms. The molecule has 5 rings (SSSR count). The van der Waals surface area contributed by atoms with E-state index in [0.717, 1.165) is 54.7 Å². The first-order valence-electron chi connectivity index (χ1n) is 12.0. The number of pyridine rings is 1. The van der Waals surface area contributed by atoms with E-state index < -0.39 is 0 Å². The number of aryl methyl sites for hydroxylation is 1. The predicted molar refractivity (Wildman–Crippen MR) is 125 cm³/mol. The number of hydrogen-bond acceptors (Lipinski definition) is 7. The van der Waals surface area contributed by atoms with Crippen LogP contribution in [0.3, 0.4) is 0 Å². The molecular weight excluding hydrogens is 432 g/mol. The molecule has 0 unspecified atom stereocenters. The zero-order chi connectivity index (χ0) is 23.5. The Hall–Kier alpha value is -3.33. The molecule has 3 aromatic rings. The maximum atomic E-state index is 12.8. The van der Waals surface area contributed by atoms with Crippen molar-refractivity contribution in [3.05, 3.63) is 52.8 Å². The van der Waals surface area contributed by atoms with Gasteiger partial charge in [0.15, 0.2) is 0 Å². The van der Waals surface area contributed by atoms with Crippen LogP contribution in [0, 0.1) is 18.8 Å². The predicted octanol–water partition coefficient (Wildman–Crippen LogP) is 2.71. The lowest BCUT2D eigenvalue weighted by atomic mass is 9.82. The van der Waals surface area contributed by atoms with E-state index in [1.165, 1.54) is 5.56 Å². The summed E-state index contributed by atoms with van der Waals surface area (Å²) in [4.78, 5) is 18.9. The van der Waals surface area contributed by atoms with Crippen LogP contribution in [0.1, 0.15) is 53.0 Å². The summed E-state index contributed by atoms with van der Waals surface area (Å²) in [6.45, 7) is 3.98. The summed E-state index contributed by atoms with van der Waals surface area (Å²) in [5.74, 6) is 2.10. The Balaban J connectivity index is 1.23. The van der Waals surface area contributed by atoms with Crippen LogP contribution in [0.25, 0.3) is 11.4 Å². The van der Waals surface area contributed by atoms with Crippen LogP contribution in [-0.4, -0.2) is 49.4 Å². The highest BCUT2D eigenvalue weighted by Crippen LogP contribution is 2.29. The standard InChI is InChI=1S/C25H30N6O3/c1-16-10-21(24-28-30-31(29-24)14-17-2-4-18(15-32)5-3-17)12-22(27-16)25(33)26-13-19-6-7-23-20(11-19)8-9-34-23/h6-7,10-12,17-18,32H,2-5,8-9,13-15H2,1H3,(H,26,33)/t17-,18-. The van der Waals surface area contributed by atoms with Crippen molar-refractivity contribution >= 4 is 5.91 Å². The minimum Gasteiger partial charge on any atom is -0.493 e. The summed E-state index contributed by atoms with van der Waals surface area (Å²) in [7, 11) is 0. The molecule has 178 valence electrons. The molecule has 1 aromatic carbocycles. The van der Waals surface area contributed by atoms with Crippen LogP contribution < -0.4 is 10.1 Å². The molecule has 3 heterocycles. The zero-order valence-electron chi connectivity index (χ0n) is 19.4. The number of nitrogens with one attached hydrogen (secondary N) is 1. The van der Waals surface area contributed by atoms with Gasteiger partial charge in [0, 0.05) is 30.8 Å². The first-order chi connectivity index (χ1) is 16.6. The molecule has 1 amide bonds. The van der Waals surface area contributed by atoms with Crippen molar-refractivity contribution < 1.29 is 14.6 Å². The van der Waals surface area contributed by atoms with Gasteiger partial charge < -0.3 is 15.2 Å². The van der Waals surface area contributed by atoms with E-state index in [-0.39, 0.29) is 12.5 Å². The summed E-state index contributed by atoms with van der Waals surface area (Å²) in [6.07, 6.45) is 5.13. The molecule has 34 heavy (non-hydrogen) atoms. The van der Waals surface area contributed by atoms with Gasteiger partial charge in [-0.15, -0.1) is 10.2 Å². The first kappa shape index (κ1) is 22.5. The molecule has 9 nitrogen and oxygen atoms in total. The average Bonchev–Trinajstić information content (AvgIpc) is 3.52. The monoisotopic (exact) mass is 462 g/mol. The van der Waals surface area contributed by atoms with Crippen LogP contribution in [-0.2, 0) is 19.5 Å². The van der Waals surface area contributed by atoms with Gasteiger partial charge in [0.05, 0.1) is 13.2 Å². The van der Waals surface area contributed by atoms with Gasteiger partial charge in [0.1, 0.15) is 11.4 Å². The third-order valence-electron chi connectivity index (χ3n) is 6.75. The molecular formula is C25H30N6O3. The molecule has 0 bridgehead atoms. The largest absolute Gasteiger partial charge is 0.493 e. The van der Waals surface area contributed by atoms with E-state index in [4.69, 9.17) is 4.74 Å². The normalized spacial score (nSPS) is 19.5. The number of nitrogens with zero attached hydrogens (tertiary/aromatic N) is 5. The Morgan fingerprint density at radius 2 is 2.00 bits per heavy atom. The minimum atomic E-state index is -0.241. The molecule has 2 N–H and O–H groups in total. The number of hydrogen-bond donors (Lipinski definition) is 2. The van der Waals surface area contributed by atoms with Gasteiger partial charge in [-0.25, -0.2) is 4.98 Å². The lowest BCUT2D eigenvalue weighted by molar-refractivity contribution is 0.0945. The number of carbonyl (C=O) groups excluding carboxylic acids is 1. The Labute approximate surface area is 198 Å². The number of carbonyl (C=O) groups is 1. The van der Waals surface area contributed by atoms with E-state index in [2.05, 4.69) is 31.8 Å². The molecule has 0 radical (unpaired) electrons. The summed E-state index contributed by atoms with van der Waals surface area (Å²) >= 11 is 0. The zero-order valence-corrected chi connectivity index (χ0v) is 19.4. The number of tetrazole rings is 1. The summed E-state index contributed by atoms with van der Waals surface area (Å²) in [5, 5.41) is 25.3. The van der Waals surface area contributed by atoms with Crippen molar-refractivity contribution in [1.82, 2.24) is 30.5 Å². The number of aromatic nitrogens is 5. The fraction of sp³-hybridized carbons (Fsp3) is 0.480. The van der Waals surface area contributed by atoms with Crippen molar-refractivity contribution in [2.75, 3.05) is 13.2 Å². The number of aliphatic hydroxyl groups is 1. The Bertz CT molecular complexity index is 1170. The van der Waals surface area contributed by atoms with Gasteiger partial charge in [-0.2, -0.15) is 4.80 Å². The Kier molecular flexibility index (Phi) is 6.53. The fourth-order valence-electron chi connectivity index (χ4n) is 4.80. The second-order valence-electron chi connectivity index (χ2n) is 9.34. The maximum Gasteiger partial charge on any atom is 0.270 e. The minimum absolute atomic E-state index is 0.241. The van der Waals surface area contributed by atoms with E-state index in [0.29, 0.717) is 43.1 Å². The molecule has 1 aliphatic carbocycles. The second-order valence-corrected chi connectivity index (χ2v) is 9.34. The van der Waals surface area contributed by atoms with Crippen LogP contribution in [0.5, 0.6) is 5.75 Å². The molecule has 1 saturated carbocycles. The molecule has 2 aromatic heterocycles. The SMILES string of the molecule is Cc1cc(-c2nnn(C[C@H]3CC[C@H](CO)CC3)n2)cc(C(=O)NCc2ccc3c(c2)CCO3)n1. The summed E-state index contributed by atoms with van der Waals surface area (Å²) < 4.78 is 5.54. The van der Waals surface area contributed by atoms with Crippen LogP contribution in [0.15, 0.2) is 30.3 Å². The number of benzene rings is 1. The van der Waals surface area contributed by atoms with Crippen LogP contribution in [0.2, 0.25) is 0 Å². The third-order valence-corrected chi connectivity index (χ3v) is 6.75. The third kappa shape index (κ3) is 5.09. The smallest absolute Gasteiger partial charge is 0.270 e. The van der Waals surface area contributed by atoms with Crippen molar-refractivity contribution in [3.8, 4) is 17.1 Å². The molecule has 2 aliphatic rings. The topological polar surface area (TPSA) is 115 Å². The first-order valence-corrected chi connectivity index (χ1v) is 12.0. The lowest BCUT2D eigenvalue weighted by Gasteiger charge is -2.26. The highest BCUT2D eigenvalue weighted by atomic mass is 16.5. The van der Waals surface area contributed by atoms with E-state index in [1.807, 2.05) is 25.1 Å². The van der Waals surface area contributed by atoms with Crippen LogP contribution in [0.4, 0.5) is 0 Å². The Morgan fingerprint density at radius 3 is 2.82 bits per heavy atom. The number of aliphatic hydroxyl groups excluding tert-OH is 1. The van der Waals surface area contributed by atoms with E-state index >= 15 is 0 Å². The summed E-state index contributed by atoms with van der Waals surface area (Å²) in [5.41, 5.74) is 3.98. The van der Waals surface area contributed by atoms with Crippen molar-refractivity contribution in [2.24, 2.45) is 11.8 Å². The van der Waals surface area contributed by atoms with Crippen molar-refractivity contribution in [3.63, 3.8) is 0 Å². The van der Waals surface area contributed by atoms with Crippen LogP contribution >= 0.6 is 0 Å². The molecule has 0 spiro atoms. The Morgan fingerprint density at radius 1 is 1.18 bits per heavy atom. The van der Waals surface area contributed by atoms with Gasteiger partial charge in [-0.05, 0) is 79.0 Å². The van der Waals surface area contributed by atoms with Crippen molar-refractivity contribution in [1.29, 1.82) is 0 Å². The van der Waals surface area contributed by atoms with Gasteiger partial charge in [-0.3, -0.25) is 4.79 Å². The quantitative estimate of drug-likeness (QED) is 0.555. The van der Waals surface area contributed by atoms with Crippen molar-refractivity contribution in [2.45, 2.75) is 52.1 Å². The van der Waals surface area contributed by atoms with E-state index in [9.17, 15) is 9.90 Å². The number of rotatable bonds is 7. The van der Waals surface area contributed by atoms with Gasteiger partial charge in [-0.1, -0.05) is 12.1 Å². The molecule has 1 aliphatic heterocycles.